The molecule has 0 spiro atoms. The summed E-state index contributed by atoms with van der Waals surface area (Å²) in [7, 11) is 4.69. The van der Waals surface area contributed by atoms with Crippen LogP contribution in [0.2, 0.25) is 0 Å². The van der Waals surface area contributed by atoms with E-state index in [0.717, 1.165) is 38.8 Å². The van der Waals surface area contributed by atoms with E-state index < -0.39 is 11.6 Å². The molecule has 230 valence electrons. The van der Waals surface area contributed by atoms with Gasteiger partial charge < -0.3 is 35.1 Å². The Balaban J connectivity index is 1.49. The molecule has 43 heavy (non-hydrogen) atoms. The highest BCUT2D eigenvalue weighted by molar-refractivity contribution is 5.92. The lowest BCUT2D eigenvalue weighted by atomic mass is 10.1. The second-order valence-electron chi connectivity index (χ2n) is 10.5. The Hall–Kier alpha value is -4.14. The summed E-state index contributed by atoms with van der Waals surface area (Å²) < 4.78 is 46.7. The molecule has 4 heterocycles. The van der Waals surface area contributed by atoms with E-state index in [1.54, 1.807) is 6.20 Å². The van der Waals surface area contributed by atoms with E-state index >= 15 is 8.78 Å². The fourth-order valence-corrected chi connectivity index (χ4v) is 5.12. The maximum Gasteiger partial charge on any atom is 0.243 e. The quantitative estimate of drug-likeness (QED) is 0.281. The highest BCUT2D eigenvalue weighted by atomic mass is 19.1. The molecule has 14 heteroatoms. The van der Waals surface area contributed by atoms with Gasteiger partial charge in [0.1, 0.15) is 5.52 Å². The number of aromatic nitrogens is 3. The van der Waals surface area contributed by atoms with Gasteiger partial charge in [0.15, 0.2) is 29.0 Å². The second-order valence-corrected chi connectivity index (χ2v) is 10.5. The van der Waals surface area contributed by atoms with Crippen LogP contribution in [0.15, 0.2) is 31.0 Å². The number of likely N-dealkylation sites (N-methyl/N-ethyl adjacent to an activating group) is 1. The first-order valence-corrected chi connectivity index (χ1v) is 14.0. The molecule has 1 unspecified atom stereocenters. The second kappa shape index (κ2) is 13.4. The largest absolute Gasteiger partial charge is 0.494 e. The molecule has 1 amide bonds. The lowest BCUT2D eigenvalue weighted by Gasteiger charge is -2.32. The number of nitrogens with zero attached hydrogens (tertiary/aromatic N) is 5. The smallest absolute Gasteiger partial charge is 0.243 e. The van der Waals surface area contributed by atoms with Crippen LogP contribution in [-0.4, -0.2) is 116 Å². The van der Waals surface area contributed by atoms with Crippen molar-refractivity contribution in [3.05, 3.63) is 42.6 Å². The van der Waals surface area contributed by atoms with Crippen molar-refractivity contribution in [3.8, 4) is 22.8 Å². The number of benzene rings is 1. The summed E-state index contributed by atoms with van der Waals surface area (Å²) in [4.78, 5) is 30.3. The fraction of sp³-hybridized carbons (Fsp3) is 0.448. The SMILES string of the molecule is C=CC(=O)N[C@H]1COCC1Nc1ncc2cc(-c3c(F)c(OC)cc(OC)c3F)nc(NCCN3CCN(C)CC3)c2n1. The fourth-order valence-electron chi connectivity index (χ4n) is 5.12. The summed E-state index contributed by atoms with van der Waals surface area (Å²) in [6.45, 7) is 9.28. The molecule has 0 bridgehead atoms. The molecule has 2 fully saturated rings. The van der Waals surface area contributed by atoms with Crippen LogP contribution in [0.1, 0.15) is 0 Å². The van der Waals surface area contributed by atoms with Gasteiger partial charge >= 0.3 is 0 Å². The van der Waals surface area contributed by atoms with Crippen molar-refractivity contribution in [3.63, 3.8) is 0 Å². The van der Waals surface area contributed by atoms with Crippen molar-refractivity contribution in [2.24, 2.45) is 0 Å². The van der Waals surface area contributed by atoms with Crippen LogP contribution >= 0.6 is 0 Å². The normalized spacial score (nSPS) is 19.3. The van der Waals surface area contributed by atoms with Gasteiger partial charge in [0.05, 0.1) is 50.8 Å². The number of anilines is 2. The molecule has 5 rings (SSSR count). The number of pyridine rings is 1. The van der Waals surface area contributed by atoms with Gasteiger partial charge in [-0.15, -0.1) is 0 Å². The Morgan fingerprint density at radius 2 is 1.79 bits per heavy atom. The molecular formula is C29H36F2N8O4. The van der Waals surface area contributed by atoms with Gasteiger partial charge in [-0.25, -0.2) is 23.7 Å². The molecule has 3 aromatic rings. The first kappa shape index (κ1) is 30.3. The molecule has 2 aromatic heterocycles. The Bertz CT molecular complexity index is 1460. The maximum absolute atomic E-state index is 15.5. The third-order valence-corrected chi connectivity index (χ3v) is 7.62. The van der Waals surface area contributed by atoms with E-state index in [1.807, 2.05) is 0 Å². The highest BCUT2D eigenvalue weighted by Crippen LogP contribution is 2.38. The predicted molar refractivity (Wildman–Crippen MR) is 159 cm³/mol. The zero-order valence-corrected chi connectivity index (χ0v) is 24.5. The van der Waals surface area contributed by atoms with Gasteiger partial charge in [0, 0.05) is 56.9 Å². The highest BCUT2D eigenvalue weighted by Gasteiger charge is 2.30. The van der Waals surface area contributed by atoms with Crippen molar-refractivity contribution < 1.29 is 27.8 Å². The lowest BCUT2D eigenvalue weighted by Crippen LogP contribution is -2.45. The molecule has 1 aromatic carbocycles. The summed E-state index contributed by atoms with van der Waals surface area (Å²) in [6, 6.07) is 2.09. The van der Waals surface area contributed by atoms with Crippen LogP contribution in [0.5, 0.6) is 11.5 Å². The molecule has 2 atom stereocenters. The molecular weight excluding hydrogens is 562 g/mol. The summed E-state index contributed by atoms with van der Waals surface area (Å²) in [5, 5.41) is 9.91. The van der Waals surface area contributed by atoms with Crippen LogP contribution in [0.3, 0.4) is 0 Å². The number of carbonyl (C=O) groups is 1. The minimum absolute atomic E-state index is 0.0301. The van der Waals surface area contributed by atoms with Crippen molar-refractivity contribution >= 4 is 28.6 Å². The van der Waals surface area contributed by atoms with Crippen molar-refractivity contribution in [1.82, 2.24) is 30.1 Å². The summed E-state index contributed by atoms with van der Waals surface area (Å²) in [6.07, 6.45) is 2.76. The van der Waals surface area contributed by atoms with Crippen molar-refractivity contribution in [2.75, 3.05) is 84.4 Å². The number of amides is 1. The zero-order valence-electron chi connectivity index (χ0n) is 24.5. The van der Waals surface area contributed by atoms with Gasteiger partial charge in [0.2, 0.25) is 11.9 Å². The summed E-state index contributed by atoms with van der Waals surface area (Å²) in [5.74, 6) is -1.82. The third-order valence-electron chi connectivity index (χ3n) is 7.62. The van der Waals surface area contributed by atoms with Gasteiger partial charge in [0.25, 0.3) is 0 Å². The molecule has 3 N–H and O–H groups in total. The number of fused-ring (bicyclic) bond motifs is 1. The number of carbonyl (C=O) groups excluding carboxylic acids is 1. The molecule has 2 saturated heterocycles. The van der Waals surface area contributed by atoms with Crippen LogP contribution < -0.4 is 25.4 Å². The van der Waals surface area contributed by atoms with E-state index in [9.17, 15) is 4.79 Å². The van der Waals surface area contributed by atoms with Crippen LogP contribution in [0.4, 0.5) is 20.5 Å². The number of halogens is 2. The molecule has 0 aliphatic carbocycles. The molecule has 12 nitrogen and oxygen atoms in total. The van der Waals surface area contributed by atoms with Crippen molar-refractivity contribution in [2.45, 2.75) is 12.1 Å². The number of rotatable bonds is 11. The van der Waals surface area contributed by atoms with Gasteiger partial charge in [-0.05, 0) is 19.2 Å². The first-order chi connectivity index (χ1) is 20.8. The molecule has 0 saturated carbocycles. The molecule has 2 aliphatic rings. The number of hydrogen-bond acceptors (Lipinski definition) is 11. The topological polar surface area (TPSA) is 126 Å². The number of ether oxygens (including phenoxy) is 3. The standard InChI is InChI=1S/C29H36F2N8O4/c1-5-23(40)34-19-15-43-16-20(19)36-29-33-14-17-12-18(24-25(30)21(41-3)13-22(42-4)26(24)31)35-28(27(17)37-29)32-6-7-39-10-8-38(2)9-11-39/h5,12-14,19-20H,1,6-11,15-16H2,2-4H3,(H,32,35)(H,34,40)(H,33,36,37)/t19-,20?/m0/s1. The lowest BCUT2D eigenvalue weighted by molar-refractivity contribution is -0.117. The van der Waals surface area contributed by atoms with E-state index in [2.05, 4.69) is 49.3 Å². The number of hydrogen-bond donors (Lipinski definition) is 3. The van der Waals surface area contributed by atoms with Crippen LogP contribution in [0.25, 0.3) is 22.2 Å². The van der Waals surface area contributed by atoms with E-state index in [1.165, 1.54) is 26.4 Å². The monoisotopic (exact) mass is 598 g/mol. The average Bonchev–Trinajstić information content (AvgIpc) is 3.44. The van der Waals surface area contributed by atoms with Crippen LogP contribution in [-0.2, 0) is 9.53 Å². The first-order valence-electron chi connectivity index (χ1n) is 14.0. The van der Waals surface area contributed by atoms with Gasteiger partial charge in [-0.2, -0.15) is 0 Å². The summed E-state index contributed by atoms with van der Waals surface area (Å²) in [5.41, 5.74) is 0.106. The molecule has 0 radical (unpaired) electrons. The maximum atomic E-state index is 15.5. The minimum Gasteiger partial charge on any atom is -0.494 e. The number of piperazine rings is 1. The van der Waals surface area contributed by atoms with Crippen LogP contribution in [0, 0.1) is 11.6 Å². The van der Waals surface area contributed by atoms with Crippen molar-refractivity contribution in [1.29, 1.82) is 0 Å². The third kappa shape index (κ3) is 6.76. The Kier molecular flexibility index (Phi) is 9.48. The minimum atomic E-state index is -0.899. The van der Waals surface area contributed by atoms with E-state index in [0.29, 0.717) is 36.5 Å². The molecule has 2 aliphatic heterocycles. The number of methoxy groups -OCH3 is 2. The average molecular weight is 599 g/mol. The van der Waals surface area contributed by atoms with E-state index in [-0.39, 0.29) is 46.7 Å². The predicted octanol–water partition coefficient (Wildman–Crippen LogP) is 2.13. The van der Waals surface area contributed by atoms with Gasteiger partial charge in [-0.1, -0.05) is 6.58 Å². The Morgan fingerprint density at radius 3 is 2.47 bits per heavy atom. The number of nitrogens with one attached hydrogen (secondary N) is 3. The van der Waals surface area contributed by atoms with Gasteiger partial charge in [-0.3, -0.25) is 9.69 Å². The Labute approximate surface area is 248 Å². The van der Waals surface area contributed by atoms with E-state index in [4.69, 9.17) is 19.2 Å². The zero-order chi connectivity index (χ0) is 30.5. The summed E-state index contributed by atoms with van der Waals surface area (Å²) >= 11 is 0. The Morgan fingerprint density at radius 1 is 1.09 bits per heavy atom.